The molecule has 3 amide bonds. The maximum absolute atomic E-state index is 13.4. The molecule has 1 aromatic rings. The monoisotopic (exact) mass is 424 g/mol. The number of amides is 3. The van der Waals surface area contributed by atoms with E-state index in [1.807, 2.05) is 17.0 Å². The molecule has 4 rings (SSSR count). The van der Waals surface area contributed by atoms with Gasteiger partial charge in [-0.3, -0.25) is 14.6 Å². The van der Waals surface area contributed by atoms with Crippen molar-refractivity contribution < 1.29 is 14.3 Å². The Morgan fingerprint density at radius 2 is 1.87 bits per heavy atom. The van der Waals surface area contributed by atoms with E-state index in [1.54, 1.807) is 11.0 Å². The average Bonchev–Trinajstić information content (AvgIpc) is 3.11. The molecule has 0 radical (unpaired) electrons. The van der Waals surface area contributed by atoms with Crippen LogP contribution in [0.5, 0.6) is 0 Å². The number of nitrogens with zero attached hydrogens (tertiary/aromatic N) is 3. The highest BCUT2D eigenvalue weighted by molar-refractivity contribution is 6.01. The lowest BCUT2D eigenvalue weighted by atomic mass is 9.93. The fourth-order valence-electron chi connectivity index (χ4n) is 4.46. The number of benzene rings is 1. The highest BCUT2D eigenvalue weighted by atomic mass is 16.5. The number of hydrogen-bond donors (Lipinski definition) is 1. The van der Waals surface area contributed by atoms with Crippen LogP contribution in [0.1, 0.15) is 36.9 Å². The molecule has 166 valence electrons. The van der Waals surface area contributed by atoms with Crippen LogP contribution in [-0.4, -0.2) is 79.1 Å². The van der Waals surface area contributed by atoms with Gasteiger partial charge in [-0.25, -0.2) is 4.79 Å². The fraction of sp³-hybridized carbons (Fsp3) is 0.500. The maximum atomic E-state index is 13.4. The molecule has 0 saturated carbocycles. The van der Waals surface area contributed by atoms with Gasteiger partial charge in [-0.2, -0.15) is 0 Å². The molecule has 3 aliphatic heterocycles. The van der Waals surface area contributed by atoms with Crippen LogP contribution in [0.2, 0.25) is 0 Å². The van der Waals surface area contributed by atoms with Gasteiger partial charge < -0.3 is 15.0 Å². The lowest BCUT2D eigenvalue weighted by Gasteiger charge is -2.33. The van der Waals surface area contributed by atoms with E-state index in [9.17, 15) is 9.59 Å². The van der Waals surface area contributed by atoms with Gasteiger partial charge in [0, 0.05) is 32.7 Å². The van der Waals surface area contributed by atoms with Crippen LogP contribution in [0.3, 0.4) is 0 Å². The van der Waals surface area contributed by atoms with Crippen molar-refractivity contribution in [3.05, 3.63) is 59.3 Å². The number of morpholine rings is 1. The Bertz CT molecular complexity index is 871. The molecule has 1 atom stereocenters. The second-order valence-corrected chi connectivity index (χ2v) is 8.64. The molecule has 1 unspecified atom stereocenters. The summed E-state index contributed by atoms with van der Waals surface area (Å²) in [5, 5.41) is 3.05. The standard InChI is InChI=1S/C24H32N4O3/c1-4-9-28-20-16-27(11-10-26-12-14-31-15-13-26)23(29)21(20)22(25-24(28)30)19-7-5-18(6-8-19)17(2)3/h4-8,17,22H,1,9-16H2,2-3H3,(H,25,30). The number of carbonyl (C=O) groups excluding carboxylic acids is 2. The second-order valence-electron chi connectivity index (χ2n) is 8.64. The van der Waals surface area contributed by atoms with Gasteiger partial charge in [-0.05, 0) is 17.0 Å². The summed E-state index contributed by atoms with van der Waals surface area (Å²) in [7, 11) is 0. The SMILES string of the molecule is C=CCN1C(=O)NC(c2ccc(C(C)C)cc2)C2=C1CN(CCN1CCOCC1)C2=O. The van der Waals surface area contributed by atoms with E-state index in [-0.39, 0.29) is 11.9 Å². The highest BCUT2D eigenvalue weighted by Gasteiger charge is 2.43. The highest BCUT2D eigenvalue weighted by Crippen LogP contribution is 2.36. The van der Waals surface area contributed by atoms with E-state index in [0.717, 1.165) is 44.1 Å². The molecule has 1 fully saturated rings. The van der Waals surface area contributed by atoms with Crippen molar-refractivity contribution in [1.29, 1.82) is 0 Å². The molecule has 31 heavy (non-hydrogen) atoms. The molecule has 7 nitrogen and oxygen atoms in total. The summed E-state index contributed by atoms with van der Waals surface area (Å²) < 4.78 is 5.42. The molecular formula is C24H32N4O3. The van der Waals surface area contributed by atoms with Gasteiger partial charge in [0.25, 0.3) is 5.91 Å². The van der Waals surface area contributed by atoms with Crippen LogP contribution in [0.15, 0.2) is 48.2 Å². The third-order valence-electron chi connectivity index (χ3n) is 6.33. The lowest BCUT2D eigenvalue weighted by molar-refractivity contribution is -0.126. The fourth-order valence-corrected chi connectivity index (χ4v) is 4.46. The molecule has 0 spiro atoms. The third-order valence-corrected chi connectivity index (χ3v) is 6.33. The van der Waals surface area contributed by atoms with E-state index >= 15 is 0 Å². The largest absolute Gasteiger partial charge is 0.379 e. The minimum absolute atomic E-state index is 0.00950. The molecule has 1 aromatic carbocycles. The first-order valence-electron chi connectivity index (χ1n) is 11.1. The van der Waals surface area contributed by atoms with Crippen LogP contribution < -0.4 is 5.32 Å². The Morgan fingerprint density at radius 1 is 1.16 bits per heavy atom. The molecule has 3 aliphatic rings. The molecular weight excluding hydrogens is 392 g/mol. The topological polar surface area (TPSA) is 65.1 Å². The summed E-state index contributed by atoms with van der Waals surface area (Å²) in [4.78, 5) is 32.2. The van der Waals surface area contributed by atoms with Crippen molar-refractivity contribution in [2.24, 2.45) is 0 Å². The van der Waals surface area contributed by atoms with Crippen LogP contribution >= 0.6 is 0 Å². The van der Waals surface area contributed by atoms with E-state index < -0.39 is 6.04 Å². The van der Waals surface area contributed by atoms with Gasteiger partial charge >= 0.3 is 6.03 Å². The lowest BCUT2D eigenvalue weighted by Crippen LogP contribution is -2.47. The summed E-state index contributed by atoms with van der Waals surface area (Å²) in [5.74, 6) is 0.437. The Morgan fingerprint density at radius 3 is 2.52 bits per heavy atom. The van der Waals surface area contributed by atoms with Crippen molar-refractivity contribution in [3.63, 3.8) is 0 Å². The summed E-state index contributed by atoms with van der Waals surface area (Å²) in [6, 6.07) is 7.61. The van der Waals surface area contributed by atoms with Gasteiger partial charge in [-0.15, -0.1) is 6.58 Å². The van der Waals surface area contributed by atoms with E-state index in [2.05, 4.69) is 42.8 Å². The number of nitrogens with one attached hydrogen (secondary N) is 1. The van der Waals surface area contributed by atoms with E-state index in [0.29, 0.717) is 31.1 Å². The summed E-state index contributed by atoms with van der Waals surface area (Å²) in [6.45, 7) is 13.6. The predicted molar refractivity (Wildman–Crippen MR) is 120 cm³/mol. The summed E-state index contributed by atoms with van der Waals surface area (Å²) >= 11 is 0. The van der Waals surface area contributed by atoms with Gasteiger partial charge in [0.05, 0.1) is 37.1 Å². The minimum Gasteiger partial charge on any atom is -0.379 e. The predicted octanol–water partition coefficient (Wildman–Crippen LogP) is 2.49. The maximum Gasteiger partial charge on any atom is 0.322 e. The Labute approximate surface area is 184 Å². The summed E-state index contributed by atoms with van der Waals surface area (Å²) in [6.07, 6.45) is 1.70. The van der Waals surface area contributed by atoms with Crippen molar-refractivity contribution in [1.82, 2.24) is 20.0 Å². The van der Waals surface area contributed by atoms with Gasteiger partial charge in [0.15, 0.2) is 0 Å². The number of carbonyl (C=O) groups is 2. The zero-order chi connectivity index (χ0) is 22.0. The quantitative estimate of drug-likeness (QED) is 0.683. The molecule has 0 aliphatic carbocycles. The smallest absolute Gasteiger partial charge is 0.322 e. The van der Waals surface area contributed by atoms with Gasteiger partial charge in [0.2, 0.25) is 0 Å². The van der Waals surface area contributed by atoms with Gasteiger partial charge in [-0.1, -0.05) is 44.2 Å². The number of ether oxygens (including phenoxy) is 1. The molecule has 3 heterocycles. The molecule has 0 bridgehead atoms. The Balaban J connectivity index is 1.58. The number of rotatable bonds is 7. The third kappa shape index (κ3) is 4.38. The van der Waals surface area contributed by atoms with Crippen molar-refractivity contribution in [2.45, 2.75) is 25.8 Å². The second kappa shape index (κ2) is 9.24. The van der Waals surface area contributed by atoms with Crippen LogP contribution in [0.4, 0.5) is 4.79 Å². The first-order chi connectivity index (χ1) is 15.0. The zero-order valence-electron chi connectivity index (χ0n) is 18.5. The minimum atomic E-state index is -0.425. The van der Waals surface area contributed by atoms with Crippen LogP contribution in [0.25, 0.3) is 0 Å². The Hall–Kier alpha value is -2.64. The number of hydrogen-bond acceptors (Lipinski definition) is 4. The van der Waals surface area contributed by atoms with E-state index in [1.165, 1.54) is 5.56 Å². The van der Waals surface area contributed by atoms with Crippen LogP contribution in [0, 0.1) is 0 Å². The average molecular weight is 425 g/mol. The normalized spacial score (nSPS) is 22.2. The first-order valence-corrected chi connectivity index (χ1v) is 11.1. The molecule has 1 saturated heterocycles. The van der Waals surface area contributed by atoms with Crippen molar-refractivity contribution in [3.8, 4) is 0 Å². The molecule has 0 aromatic heterocycles. The van der Waals surface area contributed by atoms with E-state index in [4.69, 9.17) is 4.74 Å². The van der Waals surface area contributed by atoms with Crippen molar-refractivity contribution in [2.75, 3.05) is 52.5 Å². The molecule has 7 heteroatoms. The van der Waals surface area contributed by atoms with Crippen LogP contribution in [-0.2, 0) is 9.53 Å². The number of urea groups is 1. The first kappa shape index (κ1) is 21.6. The Kier molecular flexibility index (Phi) is 6.43. The molecule has 1 N–H and O–H groups in total. The van der Waals surface area contributed by atoms with Crippen molar-refractivity contribution >= 4 is 11.9 Å². The zero-order valence-corrected chi connectivity index (χ0v) is 18.5. The summed E-state index contributed by atoms with van der Waals surface area (Å²) in [5.41, 5.74) is 3.65. The van der Waals surface area contributed by atoms with Gasteiger partial charge in [0.1, 0.15) is 0 Å².